The summed E-state index contributed by atoms with van der Waals surface area (Å²) in [6.07, 6.45) is 0.569. The zero-order valence-electron chi connectivity index (χ0n) is 15.4. The van der Waals surface area contributed by atoms with Gasteiger partial charge in [0.2, 0.25) is 0 Å². The summed E-state index contributed by atoms with van der Waals surface area (Å²) in [5.41, 5.74) is 2.99. The lowest BCUT2D eigenvalue weighted by atomic mass is 10.1. The van der Waals surface area contributed by atoms with Crippen LogP contribution in [0.3, 0.4) is 0 Å². The standard InChI is InChI=1S/C22H20FN3O2/c1-15-5-11-18(12-6-15)25-22(28)20-4-2-3-19(26-20)21(27)24-14-13-16-7-9-17(23)10-8-16/h2-12H,13-14H2,1H3,(H,24,27)(H,25,28). The predicted octanol–water partition coefficient (Wildman–Crippen LogP) is 3.75. The topological polar surface area (TPSA) is 71.1 Å². The summed E-state index contributed by atoms with van der Waals surface area (Å²) in [6, 6.07) is 18.2. The minimum Gasteiger partial charge on any atom is -0.350 e. The van der Waals surface area contributed by atoms with Crippen LogP contribution in [0.1, 0.15) is 32.1 Å². The number of carbonyl (C=O) groups excluding carboxylic acids is 2. The largest absolute Gasteiger partial charge is 0.350 e. The van der Waals surface area contributed by atoms with Crippen LogP contribution in [-0.2, 0) is 6.42 Å². The average molecular weight is 377 g/mol. The Labute approximate surface area is 162 Å². The van der Waals surface area contributed by atoms with E-state index in [0.29, 0.717) is 18.7 Å². The van der Waals surface area contributed by atoms with Gasteiger partial charge in [0.25, 0.3) is 11.8 Å². The van der Waals surface area contributed by atoms with Crippen molar-refractivity contribution < 1.29 is 14.0 Å². The van der Waals surface area contributed by atoms with E-state index in [-0.39, 0.29) is 29.0 Å². The summed E-state index contributed by atoms with van der Waals surface area (Å²) in [5.74, 6) is -1.05. The van der Waals surface area contributed by atoms with E-state index in [4.69, 9.17) is 0 Å². The van der Waals surface area contributed by atoms with Gasteiger partial charge in [-0.05, 0) is 55.3 Å². The maximum atomic E-state index is 12.9. The van der Waals surface area contributed by atoms with E-state index in [2.05, 4.69) is 15.6 Å². The molecule has 0 saturated heterocycles. The van der Waals surface area contributed by atoms with Crippen LogP contribution in [0.5, 0.6) is 0 Å². The Bertz CT molecular complexity index is 970. The second-order valence-electron chi connectivity index (χ2n) is 6.36. The van der Waals surface area contributed by atoms with E-state index >= 15 is 0 Å². The first-order chi connectivity index (χ1) is 13.5. The quantitative estimate of drug-likeness (QED) is 0.687. The van der Waals surface area contributed by atoms with Crippen LogP contribution in [0.2, 0.25) is 0 Å². The summed E-state index contributed by atoms with van der Waals surface area (Å²) >= 11 is 0. The number of pyridine rings is 1. The molecule has 1 heterocycles. The lowest BCUT2D eigenvalue weighted by molar-refractivity contribution is 0.0949. The number of nitrogens with zero attached hydrogens (tertiary/aromatic N) is 1. The number of hydrogen-bond acceptors (Lipinski definition) is 3. The second kappa shape index (κ2) is 8.90. The Morgan fingerprint density at radius 2 is 1.54 bits per heavy atom. The molecule has 5 nitrogen and oxygen atoms in total. The molecule has 0 unspecified atom stereocenters. The molecular formula is C22H20FN3O2. The number of rotatable bonds is 6. The van der Waals surface area contributed by atoms with Gasteiger partial charge in [-0.2, -0.15) is 0 Å². The van der Waals surface area contributed by atoms with Crippen LogP contribution in [-0.4, -0.2) is 23.3 Å². The lowest BCUT2D eigenvalue weighted by Crippen LogP contribution is -2.27. The number of benzene rings is 2. The van der Waals surface area contributed by atoms with Gasteiger partial charge in [0.15, 0.2) is 0 Å². The third kappa shape index (κ3) is 5.23. The molecule has 2 amide bonds. The number of nitrogens with one attached hydrogen (secondary N) is 2. The van der Waals surface area contributed by atoms with Gasteiger partial charge in [-0.25, -0.2) is 9.37 Å². The Hall–Kier alpha value is -3.54. The van der Waals surface area contributed by atoms with E-state index < -0.39 is 0 Å². The number of aryl methyl sites for hydroxylation is 1. The molecule has 0 aliphatic heterocycles. The van der Waals surface area contributed by atoms with Gasteiger partial charge in [0.05, 0.1) is 0 Å². The predicted molar refractivity (Wildman–Crippen MR) is 106 cm³/mol. The smallest absolute Gasteiger partial charge is 0.274 e. The number of hydrogen-bond donors (Lipinski definition) is 2. The Balaban J connectivity index is 1.58. The van der Waals surface area contributed by atoms with Crippen molar-refractivity contribution in [3.05, 3.63) is 95.1 Å². The first kappa shape index (κ1) is 19.2. The minimum absolute atomic E-state index is 0.159. The van der Waals surface area contributed by atoms with E-state index in [0.717, 1.165) is 11.1 Å². The summed E-state index contributed by atoms with van der Waals surface area (Å²) in [4.78, 5) is 28.8. The fourth-order valence-corrected chi connectivity index (χ4v) is 2.58. The van der Waals surface area contributed by atoms with Crippen molar-refractivity contribution in [1.29, 1.82) is 0 Å². The fourth-order valence-electron chi connectivity index (χ4n) is 2.58. The van der Waals surface area contributed by atoms with Gasteiger partial charge < -0.3 is 10.6 Å². The first-order valence-corrected chi connectivity index (χ1v) is 8.89. The summed E-state index contributed by atoms with van der Waals surface area (Å²) in [6.45, 7) is 2.34. The van der Waals surface area contributed by atoms with Gasteiger partial charge in [-0.15, -0.1) is 0 Å². The minimum atomic E-state index is -0.384. The third-order valence-corrected chi connectivity index (χ3v) is 4.14. The summed E-state index contributed by atoms with van der Waals surface area (Å²) in [7, 11) is 0. The molecule has 0 saturated carbocycles. The number of carbonyl (C=O) groups is 2. The lowest BCUT2D eigenvalue weighted by Gasteiger charge is -2.08. The number of aromatic nitrogens is 1. The zero-order chi connectivity index (χ0) is 19.9. The van der Waals surface area contributed by atoms with Crippen LogP contribution < -0.4 is 10.6 Å². The molecule has 3 rings (SSSR count). The van der Waals surface area contributed by atoms with Crippen molar-refractivity contribution in [1.82, 2.24) is 10.3 Å². The van der Waals surface area contributed by atoms with Crippen molar-refractivity contribution in [3.63, 3.8) is 0 Å². The van der Waals surface area contributed by atoms with Crippen LogP contribution >= 0.6 is 0 Å². The molecule has 0 spiro atoms. The van der Waals surface area contributed by atoms with Crippen LogP contribution in [0.4, 0.5) is 10.1 Å². The highest BCUT2D eigenvalue weighted by Gasteiger charge is 2.12. The fraction of sp³-hybridized carbons (Fsp3) is 0.136. The number of anilines is 1. The molecule has 0 fully saturated rings. The Morgan fingerprint density at radius 3 is 2.21 bits per heavy atom. The van der Waals surface area contributed by atoms with Gasteiger partial charge >= 0.3 is 0 Å². The van der Waals surface area contributed by atoms with Gasteiger partial charge in [-0.3, -0.25) is 9.59 Å². The SMILES string of the molecule is Cc1ccc(NC(=O)c2cccc(C(=O)NCCc3ccc(F)cc3)n2)cc1. The van der Waals surface area contributed by atoms with E-state index in [9.17, 15) is 14.0 Å². The van der Waals surface area contributed by atoms with Crippen molar-refractivity contribution in [2.24, 2.45) is 0 Å². The zero-order valence-corrected chi connectivity index (χ0v) is 15.4. The molecule has 2 aromatic carbocycles. The monoisotopic (exact) mass is 377 g/mol. The molecule has 0 aliphatic carbocycles. The number of halogens is 1. The maximum Gasteiger partial charge on any atom is 0.274 e. The Morgan fingerprint density at radius 1 is 0.893 bits per heavy atom. The molecule has 0 atom stereocenters. The molecular weight excluding hydrogens is 357 g/mol. The van der Waals surface area contributed by atoms with Crippen molar-refractivity contribution in [2.45, 2.75) is 13.3 Å². The third-order valence-electron chi connectivity index (χ3n) is 4.14. The van der Waals surface area contributed by atoms with E-state index in [1.54, 1.807) is 42.5 Å². The van der Waals surface area contributed by atoms with Crippen LogP contribution in [0.15, 0.2) is 66.7 Å². The molecule has 0 aliphatic rings. The summed E-state index contributed by atoms with van der Waals surface area (Å²) in [5, 5.41) is 5.51. The first-order valence-electron chi connectivity index (χ1n) is 8.89. The molecule has 2 N–H and O–H groups in total. The van der Waals surface area contributed by atoms with Crippen molar-refractivity contribution in [2.75, 3.05) is 11.9 Å². The van der Waals surface area contributed by atoms with Crippen LogP contribution in [0, 0.1) is 12.7 Å². The van der Waals surface area contributed by atoms with Crippen LogP contribution in [0.25, 0.3) is 0 Å². The molecule has 28 heavy (non-hydrogen) atoms. The summed E-state index contributed by atoms with van der Waals surface area (Å²) < 4.78 is 12.9. The molecule has 1 aromatic heterocycles. The highest BCUT2D eigenvalue weighted by molar-refractivity contribution is 6.03. The van der Waals surface area contributed by atoms with Gasteiger partial charge in [0.1, 0.15) is 17.2 Å². The second-order valence-corrected chi connectivity index (χ2v) is 6.36. The highest BCUT2D eigenvalue weighted by Crippen LogP contribution is 2.10. The van der Waals surface area contributed by atoms with Gasteiger partial charge in [0, 0.05) is 12.2 Å². The van der Waals surface area contributed by atoms with E-state index in [1.807, 2.05) is 19.1 Å². The number of amides is 2. The van der Waals surface area contributed by atoms with Gasteiger partial charge in [-0.1, -0.05) is 35.9 Å². The van der Waals surface area contributed by atoms with Crippen molar-refractivity contribution in [3.8, 4) is 0 Å². The average Bonchev–Trinajstić information content (AvgIpc) is 2.71. The molecule has 6 heteroatoms. The normalized spacial score (nSPS) is 10.4. The maximum absolute atomic E-state index is 12.9. The molecule has 0 bridgehead atoms. The molecule has 0 radical (unpaired) electrons. The highest BCUT2D eigenvalue weighted by atomic mass is 19.1. The molecule has 142 valence electrons. The van der Waals surface area contributed by atoms with E-state index in [1.165, 1.54) is 12.1 Å². The molecule has 3 aromatic rings. The van der Waals surface area contributed by atoms with Crippen molar-refractivity contribution >= 4 is 17.5 Å². The Kier molecular flexibility index (Phi) is 6.11.